The number of phenolic OH excluding ortho intramolecular Hbond substituents is 1. The fourth-order valence-corrected chi connectivity index (χ4v) is 4.36. The number of phenols is 1. The number of rotatable bonds is 6. The molecule has 0 aliphatic carbocycles. The lowest BCUT2D eigenvalue weighted by molar-refractivity contribution is -0.141. The number of ether oxygens (including phenoxy) is 1. The minimum Gasteiger partial charge on any atom is -0.508 e. The van der Waals surface area contributed by atoms with E-state index < -0.39 is 18.0 Å². The number of carbonyl (C=O) groups is 2. The van der Waals surface area contributed by atoms with Crippen LogP contribution in [0.3, 0.4) is 0 Å². The smallest absolute Gasteiger partial charge is 0.280 e. The zero-order valence-corrected chi connectivity index (χ0v) is 18.0. The Morgan fingerprint density at radius 2 is 1.76 bits per heavy atom. The van der Waals surface area contributed by atoms with E-state index >= 15 is 0 Å². The van der Waals surface area contributed by atoms with Crippen molar-refractivity contribution in [1.29, 1.82) is 0 Å². The summed E-state index contributed by atoms with van der Waals surface area (Å²) in [6.45, 7) is 1.65. The molecule has 168 valence electrons. The Morgan fingerprint density at radius 3 is 2.42 bits per heavy atom. The van der Waals surface area contributed by atoms with E-state index in [0.717, 1.165) is 11.3 Å². The van der Waals surface area contributed by atoms with Gasteiger partial charge in [0.05, 0.1) is 0 Å². The van der Waals surface area contributed by atoms with Crippen LogP contribution in [0.15, 0.2) is 60.7 Å². The van der Waals surface area contributed by atoms with Crippen LogP contribution in [0.5, 0.6) is 17.2 Å². The molecule has 0 spiro atoms. The zero-order chi connectivity index (χ0) is 23.7. The number of halogens is 1. The molecule has 1 aromatic heterocycles. The summed E-state index contributed by atoms with van der Waals surface area (Å²) in [5.74, 6) is -1.08. The van der Waals surface area contributed by atoms with Crippen LogP contribution in [0, 0.1) is 12.7 Å². The normalized spacial score (nSPS) is 11.1. The van der Waals surface area contributed by atoms with E-state index in [1.807, 2.05) is 0 Å². The van der Waals surface area contributed by atoms with Gasteiger partial charge >= 0.3 is 0 Å². The first-order valence-corrected chi connectivity index (χ1v) is 10.6. The quantitative estimate of drug-likeness (QED) is 0.248. The van der Waals surface area contributed by atoms with Crippen molar-refractivity contribution >= 4 is 38.8 Å². The number of nitrogens with one attached hydrogen (secondary N) is 1. The number of carbonyl (C=O) groups excluding carboxylic acids is 2. The first-order chi connectivity index (χ1) is 15.7. The van der Waals surface area contributed by atoms with E-state index in [9.17, 15) is 19.1 Å². The van der Waals surface area contributed by atoms with Crippen LogP contribution in [0.25, 0.3) is 10.1 Å². The van der Waals surface area contributed by atoms with Gasteiger partial charge in [-0.3, -0.25) is 9.59 Å². The zero-order valence-electron chi connectivity index (χ0n) is 17.2. The van der Waals surface area contributed by atoms with Gasteiger partial charge in [-0.05, 0) is 73.2 Å². The van der Waals surface area contributed by atoms with E-state index in [4.69, 9.17) is 14.9 Å². The Bertz CT molecular complexity index is 1360. The lowest BCUT2D eigenvalue weighted by Crippen LogP contribution is -2.26. The first-order valence-electron chi connectivity index (χ1n) is 9.74. The Morgan fingerprint density at radius 1 is 1.03 bits per heavy atom. The second-order valence-corrected chi connectivity index (χ2v) is 8.27. The highest BCUT2D eigenvalue weighted by molar-refractivity contribution is 7.21. The Hall–Kier alpha value is -3.79. The highest BCUT2D eigenvalue weighted by atomic mass is 32.1. The number of hydrogen-bond donors (Lipinski definition) is 4. The van der Waals surface area contributed by atoms with E-state index in [2.05, 4.69) is 5.32 Å². The average Bonchev–Trinajstić information content (AvgIpc) is 3.11. The lowest BCUT2D eigenvalue weighted by atomic mass is 10.0. The molecule has 0 fully saturated rings. The molecule has 0 atom stereocenters. The van der Waals surface area contributed by atoms with Crippen molar-refractivity contribution in [3.63, 3.8) is 0 Å². The largest absolute Gasteiger partial charge is 0.508 e. The predicted molar refractivity (Wildman–Crippen MR) is 121 cm³/mol. The molecule has 0 bridgehead atoms. The minimum absolute atomic E-state index is 0.0402. The maximum atomic E-state index is 13.5. The molecule has 7 nitrogen and oxygen atoms in total. The number of anilines is 1. The molecule has 4 rings (SSSR count). The SMILES string of the molecule is Cc1cc(F)ccc1C(=O)c1sc2cc(O)ccc2c1Oc1ccc(NC(=O)C(O)O)cc1. The molecular weight excluding hydrogens is 449 g/mol. The highest BCUT2D eigenvalue weighted by Gasteiger charge is 2.23. The van der Waals surface area contributed by atoms with Crippen LogP contribution >= 0.6 is 11.3 Å². The standard InChI is InChI=1S/C24H18FNO6S/c1-12-10-13(25)2-8-17(12)20(28)22-21(18-9-5-15(27)11-19(18)33-22)32-16-6-3-14(4-7-16)26-23(29)24(30)31/h2-11,24,27,30-31H,1H3,(H,26,29). The van der Waals surface area contributed by atoms with Gasteiger partial charge in [-0.2, -0.15) is 0 Å². The minimum atomic E-state index is -2.14. The number of aliphatic hydroxyl groups excluding tert-OH is 1. The topological polar surface area (TPSA) is 116 Å². The lowest BCUT2D eigenvalue weighted by Gasteiger charge is -2.10. The van der Waals surface area contributed by atoms with Crippen molar-refractivity contribution in [3.05, 3.63) is 82.5 Å². The molecule has 9 heteroatoms. The van der Waals surface area contributed by atoms with Gasteiger partial charge in [0.25, 0.3) is 5.91 Å². The molecule has 0 saturated carbocycles. The third-order valence-electron chi connectivity index (χ3n) is 4.84. The van der Waals surface area contributed by atoms with Gasteiger partial charge in [0, 0.05) is 21.3 Å². The summed E-state index contributed by atoms with van der Waals surface area (Å²) in [7, 11) is 0. The number of ketones is 1. The summed E-state index contributed by atoms with van der Waals surface area (Å²) >= 11 is 1.15. The monoisotopic (exact) mass is 467 g/mol. The number of thiophene rings is 1. The van der Waals surface area contributed by atoms with Crippen molar-refractivity contribution in [2.24, 2.45) is 0 Å². The van der Waals surface area contributed by atoms with Gasteiger partial charge in [0.15, 0.2) is 5.75 Å². The summed E-state index contributed by atoms with van der Waals surface area (Å²) < 4.78 is 20.2. The Kier molecular flexibility index (Phi) is 6.10. The molecule has 0 aliphatic rings. The van der Waals surface area contributed by atoms with Gasteiger partial charge in [-0.15, -0.1) is 11.3 Å². The summed E-state index contributed by atoms with van der Waals surface area (Å²) in [5.41, 5.74) is 1.13. The van der Waals surface area contributed by atoms with Crippen molar-refractivity contribution in [3.8, 4) is 17.2 Å². The van der Waals surface area contributed by atoms with Crippen LogP contribution < -0.4 is 10.1 Å². The average molecular weight is 467 g/mol. The third kappa shape index (κ3) is 4.70. The van der Waals surface area contributed by atoms with E-state index in [1.54, 1.807) is 25.1 Å². The molecule has 0 saturated heterocycles. The van der Waals surface area contributed by atoms with Gasteiger partial charge in [0.2, 0.25) is 12.1 Å². The van der Waals surface area contributed by atoms with Gasteiger partial charge in [-0.1, -0.05) is 0 Å². The molecule has 1 heterocycles. The molecule has 4 N–H and O–H groups in total. The number of aromatic hydroxyl groups is 1. The molecule has 3 aromatic carbocycles. The van der Waals surface area contributed by atoms with Crippen LogP contribution in [0.2, 0.25) is 0 Å². The number of hydrogen-bond acceptors (Lipinski definition) is 7. The van der Waals surface area contributed by atoms with Crippen molar-refractivity contribution < 1.29 is 34.0 Å². The van der Waals surface area contributed by atoms with Crippen LogP contribution in [-0.4, -0.2) is 33.3 Å². The third-order valence-corrected chi connectivity index (χ3v) is 5.98. The second kappa shape index (κ2) is 8.99. The number of aryl methyl sites for hydroxylation is 1. The molecular formula is C24H18FNO6S. The number of fused-ring (bicyclic) bond motifs is 1. The Balaban J connectivity index is 1.72. The van der Waals surface area contributed by atoms with Gasteiger partial charge < -0.3 is 25.4 Å². The molecule has 4 aromatic rings. The van der Waals surface area contributed by atoms with E-state index in [1.165, 1.54) is 42.5 Å². The highest BCUT2D eigenvalue weighted by Crippen LogP contribution is 2.43. The predicted octanol–water partition coefficient (Wildman–Crippen LogP) is 4.33. The number of aliphatic hydroxyl groups is 2. The first kappa shape index (κ1) is 22.4. The molecule has 1 amide bonds. The summed E-state index contributed by atoms with van der Waals surface area (Å²) in [5, 5.41) is 30.6. The second-order valence-electron chi connectivity index (χ2n) is 7.22. The maximum absolute atomic E-state index is 13.5. The molecule has 33 heavy (non-hydrogen) atoms. The van der Waals surface area contributed by atoms with E-state index in [-0.39, 0.29) is 22.2 Å². The number of benzene rings is 3. The van der Waals surface area contributed by atoms with Crippen molar-refractivity contribution in [1.82, 2.24) is 0 Å². The summed E-state index contributed by atoms with van der Waals surface area (Å²) in [4.78, 5) is 25.0. The fraction of sp³-hybridized carbons (Fsp3) is 0.0833. The van der Waals surface area contributed by atoms with Gasteiger partial charge in [-0.25, -0.2) is 4.39 Å². The molecule has 0 aliphatic heterocycles. The molecule has 0 unspecified atom stereocenters. The van der Waals surface area contributed by atoms with Crippen molar-refractivity contribution in [2.45, 2.75) is 13.2 Å². The van der Waals surface area contributed by atoms with Crippen LogP contribution in [-0.2, 0) is 4.79 Å². The van der Waals surface area contributed by atoms with E-state index in [0.29, 0.717) is 32.6 Å². The Labute approximate surface area is 191 Å². The van der Waals surface area contributed by atoms with Crippen LogP contribution in [0.1, 0.15) is 20.8 Å². The summed E-state index contributed by atoms with van der Waals surface area (Å²) in [6, 6.07) is 14.7. The fourth-order valence-electron chi connectivity index (χ4n) is 3.25. The molecule has 0 radical (unpaired) electrons. The van der Waals surface area contributed by atoms with Gasteiger partial charge in [0.1, 0.15) is 22.2 Å². The van der Waals surface area contributed by atoms with Crippen molar-refractivity contribution in [2.75, 3.05) is 5.32 Å². The van der Waals surface area contributed by atoms with Crippen LogP contribution in [0.4, 0.5) is 10.1 Å². The maximum Gasteiger partial charge on any atom is 0.280 e. The summed E-state index contributed by atoms with van der Waals surface area (Å²) in [6.07, 6.45) is -2.14. The number of amides is 1.